The Hall–Kier alpha value is -1.69. The molecule has 0 fully saturated rings. The van der Waals surface area contributed by atoms with Crippen molar-refractivity contribution >= 4 is 18.5 Å². The average Bonchev–Trinajstić information content (AvgIpc) is 2.98. The SMILES string of the molecule is [OH2+]CC1=CC=C[C@@H]1P(c1ccccc1)c1ccccc1. The highest BCUT2D eigenvalue weighted by molar-refractivity contribution is 7.74. The Morgan fingerprint density at radius 3 is 1.90 bits per heavy atom. The minimum Gasteiger partial charge on any atom is -0.442 e. The fourth-order valence-electron chi connectivity index (χ4n) is 2.57. The van der Waals surface area contributed by atoms with E-state index in [1.54, 1.807) is 0 Å². The fourth-order valence-corrected chi connectivity index (χ4v) is 5.28. The maximum absolute atomic E-state index is 7.75. The zero-order chi connectivity index (χ0) is 13.8. The van der Waals surface area contributed by atoms with Gasteiger partial charge in [0.1, 0.15) is 0 Å². The van der Waals surface area contributed by atoms with Crippen LogP contribution in [0.2, 0.25) is 0 Å². The molecular formula is C18H18OP+. The summed E-state index contributed by atoms with van der Waals surface area (Å²) in [6, 6.07) is 21.4. The average molecular weight is 281 g/mol. The fraction of sp³-hybridized carbons (Fsp3) is 0.111. The monoisotopic (exact) mass is 281 g/mol. The Morgan fingerprint density at radius 2 is 1.40 bits per heavy atom. The lowest BCUT2D eigenvalue weighted by atomic mass is 10.2. The van der Waals surface area contributed by atoms with Gasteiger partial charge in [-0.15, -0.1) is 0 Å². The Kier molecular flexibility index (Phi) is 4.11. The first kappa shape index (κ1) is 13.3. The van der Waals surface area contributed by atoms with Gasteiger partial charge in [-0.1, -0.05) is 78.9 Å². The lowest BCUT2D eigenvalue weighted by Crippen LogP contribution is -2.22. The Balaban J connectivity index is 2.05. The lowest BCUT2D eigenvalue weighted by Gasteiger charge is -2.25. The van der Waals surface area contributed by atoms with Crippen molar-refractivity contribution in [2.75, 3.05) is 6.61 Å². The Morgan fingerprint density at radius 1 is 0.850 bits per heavy atom. The molecule has 20 heavy (non-hydrogen) atoms. The molecule has 0 spiro atoms. The molecule has 0 heterocycles. The number of rotatable bonds is 4. The molecule has 1 nitrogen and oxygen atoms in total. The van der Waals surface area contributed by atoms with Crippen LogP contribution in [0.15, 0.2) is 84.5 Å². The number of hydrogen-bond acceptors (Lipinski definition) is 0. The van der Waals surface area contributed by atoms with Crippen LogP contribution in [0.25, 0.3) is 0 Å². The molecular weight excluding hydrogens is 263 g/mol. The summed E-state index contributed by atoms with van der Waals surface area (Å²) in [6.07, 6.45) is 6.48. The van der Waals surface area contributed by atoms with Gasteiger partial charge in [-0.25, -0.2) is 0 Å². The Bertz CT molecular complexity index is 577. The molecule has 1 aliphatic carbocycles. The third kappa shape index (κ3) is 2.60. The third-order valence-corrected chi connectivity index (χ3v) is 6.30. The number of allylic oxidation sites excluding steroid dienone is 3. The van der Waals surface area contributed by atoms with Gasteiger partial charge in [-0.3, -0.25) is 0 Å². The number of hydrogen-bond donors (Lipinski definition) is 0. The van der Waals surface area contributed by atoms with Crippen LogP contribution >= 0.6 is 7.92 Å². The molecule has 1 aliphatic rings. The van der Waals surface area contributed by atoms with Crippen LogP contribution in [0.3, 0.4) is 0 Å². The zero-order valence-corrected chi connectivity index (χ0v) is 12.1. The van der Waals surface area contributed by atoms with Gasteiger partial charge in [0.25, 0.3) is 0 Å². The van der Waals surface area contributed by atoms with Crippen molar-refractivity contribution in [3.05, 3.63) is 84.5 Å². The molecule has 0 unspecified atom stereocenters. The maximum atomic E-state index is 7.75. The van der Waals surface area contributed by atoms with Gasteiger partial charge >= 0.3 is 0 Å². The molecule has 2 heteroatoms. The largest absolute Gasteiger partial charge is 0.442 e. The summed E-state index contributed by atoms with van der Waals surface area (Å²) in [6.45, 7) is 0.385. The summed E-state index contributed by atoms with van der Waals surface area (Å²) in [5, 5.41) is 10.5. The van der Waals surface area contributed by atoms with Gasteiger partial charge in [-0.05, 0) is 18.5 Å². The molecule has 0 saturated carbocycles. The third-order valence-electron chi connectivity index (χ3n) is 3.53. The molecule has 0 radical (unpaired) electrons. The summed E-state index contributed by atoms with van der Waals surface area (Å²) >= 11 is 0. The second kappa shape index (κ2) is 6.17. The van der Waals surface area contributed by atoms with Gasteiger partial charge in [0.2, 0.25) is 0 Å². The van der Waals surface area contributed by atoms with Crippen LogP contribution in [0, 0.1) is 0 Å². The van der Waals surface area contributed by atoms with E-state index in [2.05, 4.69) is 78.9 Å². The quantitative estimate of drug-likeness (QED) is 0.607. The molecule has 0 amide bonds. The van der Waals surface area contributed by atoms with E-state index in [1.807, 2.05) is 0 Å². The predicted octanol–water partition coefficient (Wildman–Crippen LogP) is 2.71. The van der Waals surface area contributed by atoms with Crippen LogP contribution in [-0.2, 0) is 0 Å². The first-order chi connectivity index (χ1) is 9.90. The molecule has 0 aromatic heterocycles. The van der Waals surface area contributed by atoms with Crippen molar-refractivity contribution < 1.29 is 5.11 Å². The number of benzene rings is 2. The van der Waals surface area contributed by atoms with Crippen LogP contribution < -0.4 is 10.6 Å². The Labute approximate surface area is 121 Å². The molecule has 2 N–H and O–H groups in total. The smallest absolute Gasteiger partial charge is 0.167 e. The molecule has 2 aromatic carbocycles. The second-order valence-electron chi connectivity index (χ2n) is 4.79. The standard InChI is InChI=1S/C18H17OP/c19-14-15-8-7-13-18(15)20(16-9-3-1-4-10-16)17-11-5-2-6-12-17/h1-13,18-19H,14H2/p+1/t18-/m0/s1. The minimum absolute atomic E-state index is 0.368. The normalized spacial score (nSPS) is 17.5. The van der Waals surface area contributed by atoms with E-state index in [4.69, 9.17) is 5.11 Å². The molecule has 0 bridgehead atoms. The first-order valence-electron chi connectivity index (χ1n) is 6.81. The van der Waals surface area contributed by atoms with Gasteiger partial charge in [-0.2, -0.15) is 0 Å². The highest BCUT2D eigenvalue weighted by Crippen LogP contribution is 2.45. The van der Waals surface area contributed by atoms with E-state index in [0.29, 0.717) is 12.3 Å². The summed E-state index contributed by atoms with van der Waals surface area (Å²) in [5.41, 5.74) is 1.59. The highest BCUT2D eigenvalue weighted by Gasteiger charge is 2.28. The van der Waals surface area contributed by atoms with E-state index in [9.17, 15) is 0 Å². The van der Waals surface area contributed by atoms with Gasteiger partial charge < -0.3 is 5.11 Å². The summed E-state index contributed by atoms with van der Waals surface area (Å²) < 4.78 is 0. The van der Waals surface area contributed by atoms with Crippen molar-refractivity contribution in [3.8, 4) is 0 Å². The highest BCUT2D eigenvalue weighted by atomic mass is 31.1. The van der Waals surface area contributed by atoms with E-state index >= 15 is 0 Å². The maximum Gasteiger partial charge on any atom is 0.167 e. The lowest BCUT2D eigenvalue weighted by molar-refractivity contribution is 0.330. The van der Waals surface area contributed by atoms with Crippen molar-refractivity contribution in [1.82, 2.24) is 0 Å². The topological polar surface area (TPSA) is 22.9 Å². The molecule has 0 aliphatic heterocycles. The molecule has 1 atom stereocenters. The van der Waals surface area contributed by atoms with Gasteiger partial charge in [0, 0.05) is 11.2 Å². The van der Waals surface area contributed by atoms with E-state index in [1.165, 1.54) is 16.2 Å². The van der Waals surface area contributed by atoms with E-state index in [0.717, 1.165) is 0 Å². The van der Waals surface area contributed by atoms with Crippen molar-refractivity contribution in [2.45, 2.75) is 5.66 Å². The first-order valence-corrected chi connectivity index (χ1v) is 8.22. The molecule has 2 aromatic rings. The van der Waals surface area contributed by atoms with Crippen LogP contribution in [0.4, 0.5) is 0 Å². The van der Waals surface area contributed by atoms with Gasteiger partial charge in [0.05, 0.1) is 0 Å². The summed E-state index contributed by atoms with van der Waals surface area (Å²) in [5.74, 6) is 0. The molecule has 3 rings (SSSR count). The second-order valence-corrected chi connectivity index (χ2v) is 7.12. The van der Waals surface area contributed by atoms with E-state index in [-0.39, 0.29) is 0 Å². The summed E-state index contributed by atoms with van der Waals surface area (Å²) in [4.78, 5) is 0. The van der Waals surface area contributed by atoms with E-state index < -0.39 is 7.92 Å². The predicted molar refractivity (Wildman–Crippen MR) is 88.6 cm³/mol. The van der Waals surface area contributed by atoms with Crippen molar-refractivity contribution in [1.29, 1.82) is 0 Å². The minimum atomic E-state index is -0.472. The van der Waals surface area contributed by atoms with Crippen LogP contribution in [0.5, 0.6) is 0 Å². The molecule has 0 saturated heterocycles. The van der Waals surface area contributed by atoms with Crippen molar-refractivity contribution in [2.24, 2.45) is 0 Å². The van der Waals surface area contributed by atoms with Crippen molar-refractivity contribution in [3.63, 3.8) is 0 Å². The van der Waals surface area contributed by atoms with Gasteiger partial charge in [0.15, 0.2) is 6.61 Å². The summed E-state index contributed by atoms with van der Waals surface area (Å²) in [7, 11) is -0.472. The zero-order valence-electron chi connectivity index (χ0n) is 11.2. The molecule has 100 valence electrons. The van der Waals surface area contributed by atoms with Crippen LogP contribution in [0.1, 0.15) is 0 Å². The van der Waals surface area contributed by atoms with Crippen LogP contribution in [-0.4, -0.2) is 17.4 Å².